The molecule has 2 aliphatic rings. The molecule has 5 heteroatoms. The molecule has 1 aromatic rings. The zero-order chi connectivity index (χ0) is 17.3. The number of nitrogens with zero attached hydrogens (tertiary/aromatic N) is 2. The predicted molar refractivity (Wildman–Crippen MR) is 93.8 cm³/mol. The van der Waals surface area contributed by atoms with E-state index in [4.69, 9.17) is 5.73 Å². The molecular weight excluding hydrogens is 302 g/mol. The van der Waals surface area contributed by atoms with E-state index >= 15 is 0 Å². The first-order valence-electron chi connectivity index (χ1n) is 9.26. The molecule has 24 heavy (non-hydrogen) atoms. The molecule has 1 saturated carbocycles. The maximum absolute atomic E-state index is 13.0. The molecule has 2 fully saturated rings. The van der Waals surface area contributed by atoms with Crippen LogP contribution in [0, 0.1) is 19.8 Å². The molecule has 1 saturated heterocycles. The molecule has 1 unspecified atom stereocenters. The molecule has 0 aromatic carbocycles. The van der Waals surface area contributed by atoms with Crippen molar-refractivity contribution >= 4 is 11.8 Å². The van der Waals surface area contributed by atoms with Crippen LogP contribution in [0.15, 0.2) is 6.07 Å². The molecule has 1 aliphatic carbocycles. The van der Waals surface area contributed by atoms with Crippen molar-refractivity contribution in [2.75, 3.05) is 13.1 Å². The van der Waals surface area contributed by atoms with Gasteiger partial charge in [0.25, 0.3) is 5.91 Å². The molecule has 0 bridgehead atoms. The van der Waals surface area contributed by atoms with Crippen LogP contribution in [0.3, 0.4) is 0 Å². The second kappa shape index (κ2) is 6.99. The summed E-state index contributed by atoms with van der Waals surface area (Å²) >= 11 is 0. The average Bonchev–Trinajstić information content (AvgIpc) is 2.89. The minimum absolute atomic E-state index is 0.0520. The number of primary amides is 1. The highest BCUT2D eigenvalue weighted by Gasteiger charge is 2.30. The number of carbonyl (C=O) groups excluding carboxylic acids is 2. The number of hydrogen-bond donors (Lipinski definition) is 1. The fourth-order valence-electron chi connectivity index (χ4n) is 4.46. The van der Waals surface area contributed by atoms with Gasteiger partial charge < -0.3 is 15.2 Å². The SMILES string of the molecule is Cc1cc(C(=O)N2CCCC(C(N)=O)C2)c(C)n1C1CCCCC1. The molecule has 1 aromatic heterocycles. The minimum atomic E-state index is -0.292. The largest absolute Gasteiger partial charge is 0.369 e. The van der Waals surface area contributed by atoms with E-state index in [-0.39, 0.29) is 17.7 Å². The standard InChI is InChI=1S/C19H29N3O2/c1-13-11-17(14(2)22(13)16-8-4-3-5-9-16)19(24)21-10-6-7-15(12-21)18(20)23/h11,15-16H,3-10,12H2,1-2H3,(H2,20,23). The fourth-order valence-corrected chi connectivity index (χ4v) is 4.46. The van der Waals surface area contributed by atoms with Crippen LogP contribution in [-0.2, 0) is 4.79 Å². The first kappa shape index (κ1) is 17.1. The summed E-state index contributed by atoms with van der Waals surface area (Å²) in [5.74, 6) is -0.444. The van der Waals surface area contributed by atoms with Crippen molar-refractivity contribution in [3.05, 3.63) is 23.0 Å². The minimum Gasteiger partial charge on any atom is -0.369 e. The first-order chi connectivity index (χ1) is 11.5. The van der Waals surface area contributed by atoms with Gasteiger partial charge >= 0.3 is 0 Å². The van der Waals surface area contributed by atoms with Crippen molar-refractivity contribution in [3.8, 4) is 0 Å². The van der Waals surface area contributed by atoms with E-state index in [0.29, 0.717) is 12.6 Å². The van der Waals surface area contributed by atoms with Crippen molar-refractivity contribution in [1.82, 2.24) is 9.47 Å². The number of aromatic nitrogens is 1. The highest BCUT2D eigenvalue weighted by atomic mass is 16.2. The topological polar surface area (TPSA) is 68.3 Å². The lowest BCUT2D eigenvalue weighted by Gasteiger charge is -2.31. The summed E-state index contributed by atoms with van der Waals surface area (Å²) in [6.45, 7) is 5.34. The number of piperidine rings is 1. The van der Waals surface area contributed by atoms with Crippen LogP contribution in [0.1, 0.15) is 72.7 Å². The summed E-state index contributed by atoms with van der Waals surface area (Å²) < 4.78 is 2.36. The Bertz CT molecular complexity index is 629. The summed E-state index contributed by atoms with van der Waals surface area (Å²) in [7, 11) is 0. The maximum Gasteiger partial charge on any atom is 0.255 e. The van der Waals surface area contributed by atoms with E-state index in [1.807, 2.05) is 11.0 Å². The molecule has 2 N–H and O–H groups in total. The molecule has 5 nitrogen and oxygen atoms in total. The lowest BCUT2D eigenvalue weighted by Crippen LogP contribution is -2.44. The zero-order valence-corrected chi connectivity index (χ0v) is 14.9. The van der Waals surface area contributed by atoms with E-state index in [2.05, 4.69) is 18.4 Å². The normalized spacial score (nSPS) is 22.6. The molecule has 0 spiro atoms. The Kier molecular flexibility index (Phi) is 4.97. The van der Waals surface area contributed by atoms with E-state index in [1.165, 1.54) is 37.8 Å². The molecule has 1 atom stereocenters. The number of hydrogen-bond acceptors (Lipinski definition) is 2. The van der Waals surface area contributed by atoms with Gasteiger partial charge in [-0.05, 0) is 45.6 Å². The zero-order valence-electron chi connectivity index (χ0n) is 14.9. The Morgan fingerprint density at radius 2 is 1.79 bits per heavy atom. The highest BCUT2D eigenvalue weighted by Crippen LogP contribution is 2.32. The number of aryl methyl sites for hydroxylation is 1. The Hall–Kier alpha value is -1.78. The lowest BCUT2D eigenvalue weighted by atomic mass is 9.95. The third kappa shape index (κ3) is 3.21. The van der Waals surface area contributed by atoms with Gasteiger partial charge in [-0.3, -0.25) is 9.59 Å². The molecule has 3 rings (SSSR count). The predicted octanol–water partition coefficient (Wildman–Crippen LogP) is 2.95. The van der Waals surface area contributed by atoms with E-state index in [0.717, 1.165) is 30.6 Å². The third-order valence-corrected chi connectivity index (χ3v) is 5.77. The average molecular weight is 331 g/mol. The smallest absolute Gasteiger partial charge is 0.255 e. The number of nitrogens with two attached hydrogens (primary N) is 1. The van der Waals surface area contributed by atoms with Crippen LogP contribution in [0.25, 0.3) is 0 Å². The van der Waals surface area contributed by atoms with Crippen LogP contribution in [0.2, 0.25) is 0 Å². The van der Waals surface area contributed by atoms with E-state index in [9.17, 15) is 9.59 Å². The molecule has 2 amide bonds. The van der Waals surface area contributed by atoms with Crippen molar-refractivity contribution in [2.45, 2.75) is 64.8 Å². The summed E-state index contributed by atoms with van der Waals surface area (Å²) in [5, 5.41) is 0. The Labute approximate surface area is 144 Å². The Morgan fingerprint density at radius 1 is 1.08 bits per heavy atom. The van der Waals surface area contributed by atoms with Gasteiger partial charge in [0, 0.05) is 30.5 Å². The summed E-state index contributed by atoms with van der Waals surface area (Å²) in [6, 6.07) is 2.56. The van der Waals surface area contributed by atoms with Crippen molar-refractivity contribution < 1.29 is 9.59 Å². The van der Waals surface area contributed by atoms with Gasteiger partial charge in [-0.15, -0.1) is 0 Å². The van der Waals surface area contributed by atoms with Gasteiger partial charge in [-0.25, -0.2) is 0 Å². The molecule has 0 radical (unpaired) electrons. The van der Waals surface area contributed by atoms with Crippen LogP contribution in [0.4, 0.5) is 0 Å². The number of rotatable bonds is 3. The second-order valence-electron chi connectivity index (χ2n) is 7.44. The monoisotopic (exact) mass is 331 g/mol. The fraction of sp³-hybridized carbons (Fsp3) is 0.684. The van der Waals surface area contributed by atoms with Crippen LogP contribution < -0.4 is 5.73 Å². The van der Waals surface area contributed by atoms with Crippen molar-refractivity contribution in [2.24, 2.45) is 11.7 Å². The molecule has 132 valence electrons. The van der Waals surface area contributed by atoms with Gasteiger partial charge in [0.2, 0.25) is 5.91 Å². The van der Waals surface area contributed by atoms with Gasteiger partial charge in [0.05, 0.1) is 11.5 Å². The van der Waals surface area contributed by atoms with Crippen molar-refractivity contribution in [3.63, 3.8) is 0 Å². The Morgan fingerprint density at radius 3 is 2.46 bits per heavy atom. The van der Waals surface area contributed by atoms with Crippen LogP contribution in [0.5, 0.6) is 0 Å². The highest BCUT2D eigenvalue weighted by molar-refractivity contribution is 5.96. The summed E-state index contributed by atoms with van der Waals surface area (Å²) in [5.41, 5.74) is 8.48. The maximum atomic E-state index is 13.0. The van der Waals surface area contributed by atoms with Gasteiger partial charge in [-0.1, -0.05) is 19.3 Å². The quantitative estimate of drug-likeness (QED) is 0.925. The Balaban J connectivity index is 1.81. The van der Waals surface area contributed by atoms with E-state index < -0.39 is 0 Å². The molecule has 1 aliphatic heterocycles. The first-order valence-corrected chi connectivity index (χ1v) is 9.26. The molecule has 2 heterocycles. The van der Waals surface area contributed by atoms with Crippen molar-refractivity contribution in [1.29, 1.82) is 0 Å². The van der Waals surface area contributed by atoms with E-state index in [1.54, 1.807) is 0 Å². The van der Waals surface area contributed by atoms with Gasteiger partial charge in [0.1, 0.15) is 0 Å². The lowest BCUT2D eigenvalue weighted by molar-refractivity contribution is -0.123. The van der Waals surface area contributed by atoms with Crippen LogP contribution >= 0.6 is 0 Å². The number of amides is 2. The van der Waals surface area contributed by atoms with Crippen LogP contribution in [-0.4, -0.2) is 34.4 Å². The van der Waals surface area contributed by atoms with Gasteiger partial charge in [-0.2, -0.15) is 0 Å². The number of carbonyl (C=O) groups is 2. The second-order valence-corrected chi connectivity index (χ2v) is 7.44. The third-order valence-electron chi connectivity index (χ3n) is 5.77. The number of likely N-dealkylation sites (tertiary alicyclic amines) is 1. The molecular formula is C19H29N3O2. The summed E-state index contributed by atoms with van der Waals surface area (Å²) in [4.78, 5) is 26.3. The summed E-state index contributed by atoms with van der Waals surface area (Å²) in [6.07, 6.45) is 7.93. The van der Waals surface area contributed by atoms with Gasteiger partial charge in [0.15, 0.2) is 0 Å².